The van der Waals surface area contributed by atoms with Gasteiger partial charge in [0.25, 0.3) is 0 Å². The van der Waals surface area contributed by atoms with Crippen molar-refractivity contribution in [3.8, 4) is 61.3 Å². The Morgan fingerprint density at radius 2 is 0.766 bits per heavy atom. The van der Waals surface area contributed by atoms with Crippen molar-refractivity contribution in [1.82, 2.24) is 9.55 Å². The van der Waals surface area contributed by atoms with Gasteiger partial charge in [-0.3, -0.25) is 4.90 Å². The molecule has 11 aromatic rings. The molecule has 0 aliphatic carbocycles. The lowest BCUT2D eigenvalue weighted by molar-refractivity contribution is 0.820. The second-order valence-corrected chi connectivity index (χ2v) is 16.3. The zero-order valence-corrected chi connectivity index (χ0v) is 35.0. The molecule has 4 heteroatoms. The van der Waals surface area contributed by atoms with Crippen molar-refractivity contribution in [2.24, 2.45) is 0 Å². The molecule has 1 aliphatic heterocycles. The van der Waals surface area contributed by atoms with Gasteiger partial charge in [-0.05, 0) is 110 Å². The minimum absolute atomic E-state index is 0.0882. The quantitative estimate of drug-likeness (QED) is 0.166. The molecule has 4 nitrogen and oxygen atoms in total. The second-order valence-electron chi connectivity index (χ2n) is 16.3. The Morgan fingerprint density at radius 1 is 0.344 bits per heavy atom. The third-order valence-corrected chi connectivity index (χ3v) is 12.7. The van der Waals surface area contributed by atoms with Gasteiger partial charge >= 0.3 is 0 Å². The van der Waals surface area contributed by atoms with Crippen molar-refractivity contribution in [3.05, 3.63) is 248 Å². The van der Waals surface area contributed by atoms with Crippen LogP contribution in [0.2, 0.25) is 0 Å². The zero-order valence-electron chi connectivity index (χ0n) is 35.0. The number of nitrogens with zero attached hydrogens (tertiary/aromatic N) is 3. The standard InChI is InChI=1S/C60H42N4/c1-2-17-44(18-3-1)64-59(62-56-29-16-40-61-60(56)64)43-34-32-41(33-35-43)46-19-4-6-21-48(46)50-23-8-10-25-52(50)53-26-11-9-24-51(53)49-22-7-5-20-47(49)42-36-38-45(39-37-42)63-57-30-14-12-27-54(57)55-28-13-15-31-58(55)63/h1-40,59,62H. The van der Waals surface area contributed by atoms with Crippen molar-refractivity contribution in [3.63, 3.8) is 0 Å². The number of aromatic nitrogens is 2. The summed E-state index contributed by atoms with van der Waals surface area (Å²) in [6.07, 6.45) is 1.77. The first-order valence-electron chi connectivity index (χ1n) is 21.9. The van der Waals surface area contributed by atoms with E-state index in [-0.39, 0.29) is 6.17 Å². The summed E-state index contributed by atoms with van der Waals surface area (Å²) >= 11 is 0. The van der Waals surface area contributed by atoms with E-state index in [1.807, 2.05) is 12.3 Å². The van der Waals surface area contributed by atoms with Crippen molar-refractivity contribution in [2.75, 3.05) is 10.2 Å². The van der Waals surface area contributed by atoms with Gasteiger partial charge < -0.3 is 9.88 Å². The maximum atomic E-state index is 4.77. The molecule has 302 valence electrons. The van der Waals surface area contributed by atoms with E-state index in [9.17, 15) is 0 Å². The number of hydrogen-bond donors (Lipinski definition) is 1. The van der Waals surface area contributed by atoms with Crippen LogP contribution in [0, 0.1) is 0 Å². The lowest BCUT2D eigenvalue weighted by Gasteiger charge is -2.26. The monoisotopic (exact) mass is 818 g/mol. The number of anilines is 3. The number of nitrogens with one attached hydrogen (secondary N) is 1. The average Bonchev–Trinajstić information content (AvgIpc) is 3.93. The van der Waals surface area contributed by atoms with Crippen LogP contribution in [0.3, 0.4) is 0 Å². The number of fused-ring (bicyclic) bond motifs is 4. The number of pyridine rings is 1. The molecule has 0 amide bonds. The Balaban J connectivity index is 0.901. The van der Waals surface area contributed by atoms with E-state index < -0.39 is 0 Å². The third-order valence-electron chi connectivity index (χ3n) is 12.7. The maximum Gasteiger partial charge on any atom is 0.158 e. The van der Waals surface area contributed by atoms with Crippen molar-refractivity contribution >= 4 is 39.0 Å². The highest BCUT2D eigenvalue weighted by molar-refractivity contribution is 6.09. The highest BCUT2D eigenvalue weighted by atomic mass is 15.4. The van der Waals surface area contributed by atoms with Gasteiger partial charge in [-0.25, -0.2) is 4.98 Å². The smallest absolute Gasteiger partial charge is 0.158 e. The average molecular weight is 819 g/mol. The van der Waals surface area contributed by atoms with Gasteiger partial charge in [0.1, 0.15) is 6.17 Å². The molecule has 0 fully saturated rings. The lowest BCUT2D eigenvalue weighted by atomic mass is 9.85. The van der Waals surface area contributed by atoms with E-state index in [1.54, 1.807) is 0 Å². The summed E-state index contributed by atoms with van der Waals surface area (Å²) in [5.74, 6) is 0.932. The van der Waals surface area contributed by atoms with Crippen molar-refractivity contribution < 1.29 is 0 Å². The van der Waals surface area contributed by atoms with Gasteiger partial charge in [0.15, 0.2) is 5.82 Å². The van der Waals surface area contributed by atoms with E-state index in [4.69, 9.17) is 4.98 Å². The summed E-state index contributed by atoms with van der Waals surface area (Å²) in [6, 6.07) is 85.3. The lowest BCUT2D eigenvalue weighted by Crippen LogP contribution is -2.23. The molecule has 3 heterocycles. The summed E-state index contributed by atoms with van der Waals surface area (Å²) < 4.78 is 2.38. The molecule has 0 radical (unpaired) electrons. The molecule has 9 aromatic carbocycles. The van der Waals surface area contributed by atoms with Gasteiger partial charge in [0, 0.05) is 28.3 Å². The van der Waals surface area contributed by atoms with E-state index in [1.165, 1.54) is 71.9 Å². The Morgan fingerprint density at radius 3 is 1.28 bits per heavy atom. The number of benzene rings is 9. The van der Waals surface area contributed by atoms with E-state index in [2.05, 4.69) is 245 Å². The van der Waals surface area contributed by atoms with Crippen LogP contribution in [0.4, 0.5) is 17.2 Å². The third kappa shape index (κ3) is 6.35. The number of hydrogen-bond acceptors (Lipinski definition) is 3. The van der Waals surface area contributed by atoms with Gasteiger partial charge in [-0.2, -0.15) is 0 Å². The molecule has 64 heavy (non-hydrogen) atoms. The molecule has 1 unspecified atom stereocenters. The Hall–Kier alpha value is -8.47. The highest BCUT2D eigenvalue weighted by Crippen LogP contribution is 2.46. The molecule has 1 N–H and O–H groups in total. The molecule has 0 spiro atoms. The van der Waals surface area contributed by atoms with Crippen LogP contribution in [0.5, 0.6) is 0 Å². The largest absolute Gasteiger partial charge is 0.358 e. The van der Waals surface area contributed by atoms with Crippen LogP contribution in [-0.4, -0.2) is 9.55 Å². The van der Waals surface area contributed by atoms with Crippen LogP contribution >= 0.6 is 0 Å². The highest BCUT2D eigenvalue weighted by Gasteiger charge is 2.32. The maximum absolute atomic E-state index is 4.77. The van der Waals surface area contributed by atoms with Crippen LogP contribution in [0.15, 0.2) is 243 Å². The predicted octanol–water partition coefficient (Wildman–Crippen LogP) is 15.8. The molecule has 2 aromatic heterocycles. The van der Waals surface area contributed by atoms with Crippen molar-refractivity contribution in [1.29, 1.82) is 0 Å². The molecular weight excluding hydrogens is 777 g/mol. The van der Waals surface area contributed by atoms with Gasteiger partial charge in [-0.1, -0.05) is 188 Å². The van der Waals surface area contributed by atoms with Crippen LogP contribution in [0.25, 0.3) is 83.1 Å². The zero-order chi connectivity index (χ0) is 42.4. The first-order valence-corrected chi connectivity index (χ1v) is 21.9. The van der Waals surface area contributed by atoms with E-state index in [0.717, 1.165) is 34.0 Å². The summed E-state index contributed by atoms with van der Waals surface area (Å²) in [4.78, 5) is 7.06. The molecule has 0 saturated heterocycles. The minimum Gasteiger partial charge on any atom is -0.358 e. The van der Waals surface area contributed by atoms with Gasteiger partial charge in [-0.15, -0.1) is 0 Å². The fourth-order valence-electron chi connectivity index (χ4n) is 9.81. The fraction of sp³-hybridized carbons (Fsp3) is 0.0167. The topological polar surface area (TPSA) is 33.1 Å². The molecular formula is C60H42N4. The summed E-state index contributed by atoms with van der Waals surface area (Å²) in [5.41, 5.74) is 18.7. The van der Waals surface area contributed by atoms with Gasteiger partial charge in [0.05, 0.1) is 16.7 Å². The SMILES string of the molecule is c1ccc(N2c3ncccc3NC2c2ccc(-c3ccccc3-c3ccccc3-c3ccccc3-c3ccccc3-c3ccc(-n4c5ccccc5c5ccccc54)cc3)cc2)cc1. The number of para-hydroxylation sites is 3. The molecule has 0 saturated carbocycles. The van der Waals surface area contributed by atoms with Crippen LogP contribution < -0.4 is 10.2 Å². The first kappa shape index (κ1) is 37.3. The van der Waals surface area contributed by atoms with E-state index >= 15 is 0 Å². The molecule has 12 rings (SSSR count). The molecule has 1 atom stereocenters. The van der Waals surface area contributed by atoms with Crippen LogP contribution in [0.1, 0.15) is 11.7 Å². The summed E-state index contributed by atoms with van der Waals surface area (Å²) in [5, 5.41) is 6.27. The summed E-state index contributed by atoms with van der Waals surface area (Å²) in [7, 11) is 0. The predicted molar refractivity (Wildman–Crippen MR) is 267 cm³/mol. The summed E-state index contributed by atoms with van der Waals surface area (Å²) in [6.45, 7) is 0. The molecule has 1 aliphatic rings. The minimum atomic E-state index is -0.0882. The Labute approximate surface area is 373 Å². The Bertz CT molecular complexity index is 3420. The van der Waals surface area contributed by atoms with Crippen LogP contribution in [-0.2, 0) is 0 Å². The fourth-order valence-corrected chi connectivity index (χ4v) is 9.81. The van der Waals surface area contributed by atoms with Gasteiger partial charge in [0.2, 0.25) is 0 Å². The molecule has 0 bridgehead atoms. The first-order chi connectivity index (χ1) is 31.8. The number of rotatable bonds is 8. The van der Waals surface area contributed by atoms with Crippen molar-refractivity contribution in [2.45, 2.75) is 6.17 Å². The second kappa shape index (κ2) is 15.8. The van der Waals surface area contributed by atoms with E-state index in [0.29, 0.717) is 0 Å². The normalized spacial score (nSPS) is 13.2. The Kier molecular flexibility index (Phi) is 9.19.